The molecule has 0 spiro atoms. The second-order valence-electron chi connectivity index (χ2n) is 6.61. The number of carbonyl (C=O) groups is 4. The average molecular weight is 324 g/mol. The van der Waals surface area contributed by atoms with Crippen molar-refractivity contribution in [2.45, 2.75) is 44.9 Å². The van der Waals surface area contributed by atoms with Crippen molar-refractivity contribution in [3.63, 3.8) is 0 Å². The van der Waals surface area contributed by atoms with Gasteiger partial charge in [-0.25, -0.2) is 0 Å². The van der Waals surface area contributed by atoms with Crippen LogP contribution in [0, 0.1) is 11.8 Å². The number of fused-ring (bicyclic) bond motifs is 5. The topological polar surface area (TPSA) is 104 Å². The number of hydrogen-bond donors (Lipinski definition) is 1. The number of ether oxygens (including phenoxy) is 1. The summed E-state index contributed by atoms with van der Waals surface area (Å²) in [6, 6.07) is -0.328. The molecule has 0 aliphatic carbocycles. The predicted octanol–water partition coefficient (Wildman–Crippen LogP) is -0.530. The Morgan fingerprint density at radius 3 is 2.17 bits per heavy atom. The first-order valence-corrected chi connectivity index (χ1v) is 7.83. The van der Waals surface area contributed by atoms with E-state index < -0.39 is 36.8 Å². The number of nitrogens with zero attached hydrogens (tertiary/aromatic N) is 2. The Morgan fingerprint density at radius 2 is 1.74 bits per heavy atom. The van der Waals surface area contributed by atoms with Crippen LogP contribution in [0.2, 0.25) is 0 Å². The van der Waals surface area contributed by atoms with E-state index in [1.54, 1.807) is 13.8 Å². The molecule has 3 saturated heterocycles. The summed E-state index contributed by atoms with van der Waals surface area (Å²) in [5.74, 6) is -3.33. The third kappa shape index (κ3) is 2.50. The summed E-state index contributed by atoms with van der Waals surface area (Å²) < 4.78 is 5.63. The first-order valence-electron chi connectivity index (χ1n) is 7.83. The zero-order valence-electron chi connectivity index (χ0n) is 13.1. The maximum Gasteiger partial charge on any atom is 0.323 e. The lowest BCUT2D eigenvalue weighted by Gasteiger charge is -2.27. The summed E-state index contributed by atoms with van der Waals surface area (Å²) in [6.45, 7) is 2.54. The molecule has 2 bridgehead atoms. The number of hydrogen-bond acceptors (Lipinski definition) is 5. The summed E-state index contributed by atoms with van der Waals surface area (Å²) in [6.07, 6.45) is 1.09. The minimum atomic E-state index is -1.13. The standard InChI is InChI=1S/C15H20N2O6/c1-7(2)16(6-11(19)20)10(18)5-17-14(21)12-8-3-4-9(23-8)13(12)15(17)22/h7-9,12-13H,3-6H2,1-2H3,(H,19,20). The van der Waals surface area contributed by atoms with Crippen molar-refractivity contribution in [3.05, 3.63) is 0 Å². The lowest BCUT2D eigenvalue weighted by Crippen LogP contribution is -2.48. The summed E-state index contributed by atoms with van der Waals surface area (Å²) in [5.41, 5.74) is 0. The van der Waals surface area contributed by atoms with Crippen LogP contribution in [0.25, 0.3) is 0 Å². The summed E-state index contributed by atoms with van der Waals surface area (Å²) in [4.78, 5) is 50.3. The number of rotatable bonds is 5. The van der Waals surface area contributed by atoms with E-state index in [1.165, 1.54) is 0 Å². The Morgan fingerprint density at radius 1 is 1.22 bits per heavy atom. The molecule has 3 amide bonds. The van der Waals surface area contributed by atoms with Crippen LogP contribution in [0.3, 0.4) is 0 Å². The fourth-order valence-corrected chi connectivity index (χ4v) is 3.86. The summed E-state index contributed by atoms with van der Waals surface area (Å²) in [7, 11) is 0. The minimum absolute atomic E-state index is 0.221. The molecule has 0 radical (unpaired) electrons. The number of likely N-dealkylation sites (tertiary alicyclic amines) is 1. The highest BCUT2D eigenvalue weighted by Crippen LogP contribution is 2.48. The van der Waals surface area contributed by atoms with Gasteiger partial charge in [0.1, 0.15) is 13.1 Å². The smallest absolute Gasteiger partial charge is 0.323 e. The van der Waals surface area contributed by atoms with Gasteiger partial charge in [-0.15, -0.1) is 0 Å². The quantitative estimate of drug-likeness (QED) is 0.682. The number of imide groups is 1. The number of carbonyl (C=O) groups excluding carboxylic acids is 3. The van der Waals surface area contributed by atoms with Gasteiger partial charge >= 0.3 is 5.97 Å². The molecule has 3 aliphatic heterocycles. The number of carboxylic acid groups (broad SMARTS) is 1. The molecule has 3 heterocycles. The molecule has 4 unspecified atom stereocenters. The SMILES string of the molecule is CC(C)N(CC(=O)O)C(=O)CN1C(=O)C2C3CCC(O3)C2C1=O. The monoisotopic (exact) mass is 324 g/mol. The molecule has 126 valence electrons. The highest BCUT2D eigenvalue weighted by atomic mass is 16.5. The van der Waals surface area contributed by atoms with Crippen molar-refractivity contribution in [2.75, 3.05) is 13.1 Å². The fourth-order valence-electron chi connectivity index (χ4n) is 3.86. The van der Waals surface area contributed by atoms with Crippen molar-refractivity contribution >= 4 is 23.7 Å². The first kappa shape index (κ1) is 15.9. The molecule has 0 saturated carbocycles. The molecule has 8 heteroatoms. The normalized spacial score (nSPS) is 31.9. The van der Waals surface area contributed by atoms with E-state index in [2.05, 4.69) is 0 Å². The van der Waals surface area contributed by atoms with E-state index in [-0.39, 0.29) is 30.1 Å². The Labute approximate surface area is 133 Å². The molecular formula is C15H20N2O6. The average Bonchev–Trinajstić information content (AvgIpc) is 3.13. The third-order valence-corrected chi connectivity index (χ3v) is 4.92. The molecule has 3 fully saturated rings. The molecule has 4 atom stereocenters. The van der Waals surface area contributed by atoms with Gasteiger partial charge in [-0.3, -0.25) is 24.1 Å². The van der Waals surface area contributed by atoms with Crippen molar-refractivity contribution in [3.8, 4) is 0 Å². The highest BCUT2D eigenvalue weighted by molar-refractivity contribution is 6.08. The van der Waals surface area contributed by atoms with Gasteiger partial charge in [0.15, 0.2) is 0 Å². The van der Waals surface area contributed by atoms with E-state index in [9.17, 15) is 19.2 Å². The van der Waals surface area contributed by atoms with Gasteiger partial charge in [0.2, 0.25) is 17.7 Å². The van der Waals surface area contributed by atoms with Crippen molar-refractivity contribution in [1.82, 2.24) is 9.80 Å². The molecule has 3 rings (SSSR count). The molecule has 0 aromatic carbocycles. The van der Waals surface area contributed by atoms with Crippen LogP contribution in [-0.4, -0.2) is 69.9 Å². The van der Waals surface area contributed by atoms with Crippen LogP contribution in [0.1, 0.15) is 26.7 Å². The third-order valence-electron chi connectivity index (χ3n) is 4.92. The zero-order valence-corrected chi connectivity index (χ0v) is 13.1. The Balaban J connectivity index is 1.73. The summed E-state index contributed by atoms with van der Waals surface area (Å²) >= 11 is 0. The van der Waals surface area contributed by atoms with Gasteiger partial charge in [0.25, 0.3) is 0 Å². The van der Waals surface area contributed by atoms with Crippen molar-refractivity contribution < 1.29 is 29.0 Å². The van der Waals surface area contributed by atoms with E-state index in [1.807, 2.05) is 0 Å². The maximum absolute atomic E-state index is 12.5. The Bertz CT molecular complexity index is 546. The van der Waals surface area contributed by atoms with Gasteiger partial charge in [0.05, 0.1) is 24.0 Å². The summed E-state index contributed by atoms with van der Waals surface area (Å²) in [5, 5.41) is 8.90. The minimum Gasteiger partial charge on any atom is -0.480 e. The number of aliphatic carboxylic acids is 1. The first-order chi connectivity index (χ1) is 10.8. The van der Waals surface area contributed by atoms with Crippen LogP contribution >= 0.6 is 0 Å². The second-order valence-corrected chi connectivity index (χ2v) is 6.61. The molecular weight excluding hydrogens is 304 g/mol. The van der Waals surface area contributed by atoms with E-state index in [0.717, 1.165) is 22.6 Å². The second kappa shape index (κ2) is 5.59. The van der Waals surface area contributed by atoms with Crippen LogP contribution in [-0.2, 0) is 23.9 Å². The largest absolute Gasteiger partial charge is 0.480 e. The van der Waals surface area contributed by atoms with Gasteiger partial charge < -0.3 is 14.7 Å². The van der Waals surface area contributed by atoms with Gasteiger partial charge in [-0.1, -0.05) is 0 Å². The van der Waals surface area contributed by atoms with Gasteiger partial charge in [-0.05, 0) is 26.7 Å². The number of amides is 3. The molecule has 3 aliphatic rings. The van der Waals surface area contributed by atoms with Crippen molar-refractivity contribution in [1.29, 1.82) is 0 Å². The lowest BCUT2D eigenvalue weighted by atomic mass is 9.81. The van der Waals surface area contributed by atoms with Crippen LogP contribution < -0.4 is 0 Å². The van der Waals surface area contributed by atoms with E-state index >= 15 is 0 Å². The van der Waals surface area contributed by atoms with Crippen LogP contribution in [0.15, 0.2) is 0 Å². The highest BCUT2D eigenvalue weighted by Gasteiger charge is 2.62. The lowest BCUT2D eigenvalue weighted by molar-refractivity contribution is -0.151. The maximum atomic E-state index is 12.5. The molecule has 8 nitrogen and oxygen atoms in total. The molecule has 1 N–H and O–H groups in total. The van der Waals surface area contributed by atoms with Crippen LogP contribution in [0.4, 0.5) is 0 Å². The van der Waals surface area contributed by atoms with Gasteiger partial charge in [0, 0.05) is 6.04 Å². The van der Waals surface area contributed by atoms with Gasteiger partial charge in [-0.2, -0.15) is 0 Å². The molecule has 0 aromatic rings. The predicted molar refractivity (Wildman–Crippen MR) is 76.1 cm³/mol. The van der Waals surface area contributed by atoms with Crippen LogP contribution in [0.5, 0.6) is 0 Å². The Kier molecular flexibility index (Phi) is 3.87. The van der Waals surface area contributed by atoms with E-state index in [0.29, 0.717) is 0 Å². The molecule has 0 aromatic heterocycles. The van der Waals surface area contributed by atoms with E-state index in [4.69, 9.17) is 9.84 Å². The fraction of sp³-hybridized carbons (Fsp3) is 0.733. The molecule has 23 heavy (non-hydrogen) atoms. The Hall–Kier alpha value is -1.96. The number of carboxylic acids is 1. The zero-order chi connectivity index (χ0) is 16.9. The van der Waals surface area contributed by atoms with Crippen molar-refractivity contribution in [2.24, 2.45) is 11.8 Å².